The van der Waals surface area contributed by atoms with Gasteiger partial charge in [0.05, 0.1) is 0 Å². The molecule has 96 valence electrons. The highest BCUT2D eigenvalue weighted by molar-refractivity contribution is 5.44. The summed E-state index contributed by atoms with van der Waals surface area (Å²) in [5, 5.41) is 0. The van der Waals surface area contributed by atoms with Crippen molar-refractivity contribution in [2.75, 3.05) is 6.54 Å². The Balaban J connectivity index is 1.90. The first-order chi connectivity index (χ1) is 9.38. The highest BCUT2D eigenvalue weighted by atomic mass is 16.6. The minimum absolute atomic E-state index is 0.0464. The molecule has 2 aliphatic rings. The number of rotatable bonds is 1. The van der Waals surface area contributed by atoms with Gasteiger partial charge in [-0.2, -0.15) is 0 Å². The van der Waals surface area contributed by atoms with Crippen molar-refractivity contribution < 1.29 is 9.47 Å². The van der Waals surface area contributed by atoms with Crippen LogP contribution in [-0.4, -0.2) is 11.4 Å². The molecule has 0 amide bonds. The van der Waals surface area contributed by atoms with Gasteiger partial charge >= 0.3 is 0 Å². The molecular formula is C16H15NO2. The number of ether oxygens (including phenoxy) is 2. The SMILES string of the molecule is CCN1C2Oc3ccccc3C1Oc1ccccc12. The van der Waals surface area contributed by atoms with E-state index in [0.717, 1.165) is 29.2 Å². The Morgan fingerprint density at radius 2 is 1.32 bits per heavy atom. The van der Waals surface area contributed by atoms with E-state index in [2.05, 4.69) is 24.0 Å². The molecule has 0 saturated heterocycles. The summed E-state index contributed by atoms with van der Waals surface area (Å²) in [6.45, 7) is 3.02. The fourth-order valence-electron chi connectivity index (χ4n) is 2.90. The summed E-state index contributed by atoms with van der Waals surface area (Å²) in [5.41, 5.74) is 2.21. The number of fused-ring (bicyclic) bond motifs is 6. The minimum Gasteiger partial charge on any atom is -0.470 e. The molecule has 4 rings (SSSR count). The van der Waals surface area contributed by atoms with E-state index in [0.29, 0.717) is 0 Å². The molecule has 3 nitrogen and oxygen atoms in total. The number of para-hydroxylation sites is 2. The van der Waals surface area contributed by atoms with Gasteiger partial charge in [-0.3, -0.25) is 0 Å². The quantitative estimate of drug-likeness (QED) is 0.776. The van der Waals surface area contributed by atoms with Gasteiger partial charge in [0.15, 0.2) is 12.5 Å². The fourth-order valence-corrected chi connectivity index (χ4v) is 2.90. The van der Waals surface area contributed by atoms with Crippen molar-refractivity contribution in [2.45, 2.75) is 19.4 Å². The van der Waals surface area contributed by atoms with Gasteiger partial charge in [-0.05, 0) is 12.1 Å². The van der Waals surface area contributed by atoms with Gasteiger partial charge in [0, 0.05) is 17.7 Å². The van der Waals surface area contributed by atoms with E-state index in [4.69, 9.17) is 9.47 Å². The predicted octanol–water partition coefficient (Wildman–Crippen LogP) is 3.49. The summed E-state index contributed by atoms with van der Waals surface area (Å²) in [7, 11) is 0. The van der Waals surface area contributed by atoms with Gasteiger partial charge in [0.2, 0.25) is 0 Å². The average molecular weight is 253 g/mol. The summed E-state index contributed by atoms with van der Waals surface area (Å²) < 4.78 is 12.4. The van der Waals surface area contributed by atoms with E-state index in [1.165, 1.54) is 0 Å². The first-order valence-corrected chi connectivity index (χ1v) is 6.65. The topological polar surface area (TPSA) is 21.7 Å². The maximum Gasteiger partial charge on any atom is 0.185 e. The Morgan fingerprint density at radius 1 is 0.842 bits per heavy atom. The second-order valence-corrected chi connectivity index (χ2v) is 4.85. The van der Waals surface area contributed by atoms with Crippen LogP contribution in [-0.2, 0) is 0 Å². The highest BCUT2D eigenvalue weighted by Gasteiger charge is 2.42. The van der Waals surface area contributed by atoms with E-state index in [9.17, 15) is 0 Å². The molecular weight excluding hydrogens is 238 g/mol. The van der Waals surface area contributed by atoms with E-state index in [-0.39, 0.29) is 12.5 Å². The maximum atomic E-state index is 6.18. The first kappa shape index (κ1) is 10.9. The molecule has 2 atom stereocenters. The Hall–Kier alpha value is -2.00. The lowest BCUT2D eigenvalue weighted by Crippen LogP contribution is -2.45. The minimum atomic E-state index is -0.0464. The van der Waals surface area contributed by atoms with Crippen LogP contribution in [0.5, 0.6) is 11.5 Å². The van der Waals surface area contributed by atoms with Gasteiger partial charge in [0.1, 0.15) is 11.5 Å². The summed E-state index contributed by atoms with van der Waals surface area (Å²) in [4.78, 5) is 2.24. The normalized spacial score (nSPS) is 23.8. The van der Waals surface area contributed by atoms with E-state index >= 15 is 0 Å². The highest BCUT2D eigenvalue weighted by Crippen LogP contribution is 2.48. The fraction of sp³-hybridized carbons (Fsp3) is 0.250. The van der Waals surface area contributed by atoms with Crippen molar-refractivity contribution in [1.29, 1.82) is 0 Å². The van der Waals surface area contributed by atoms with Crippen LogP contribution < -0.4 is 9.47 Å². The van der Waals surface area contributed by atoms with Crippen LogP contribution in [0, 0.1) is 0 Å². The first-order valence-electron chi connectivity index (χ1n) is 6.65. The molecule has 2 aliphatic heterocycles. The molecule has 2 heterocycles. The number of benzene rings is 2. The van der Waals surface area contributed by atoms with Crippen LogP contribution in [0.15, 0.2) is 48.5 Å². The molecule has 2 bridgehead atoms. The molecule has 2 aromatic rings. The molecule has 3 heteroatoms. The maximum absolute atomic E-state index is 6.18. The van der Waals surface area contributed by atoms with E-state index in [1.54, 1.807) is 0 Å². The molecule has 0 fully saturated rings. The lowest BCUT2D eigenvalue weighted by molar-refractivity contribution is -0.120. The second-order valence-electron chi connectivity index (χ2n) is 4.85. The van der Waals surface area contributed by atoms with Gasteiger partial charge in [0.25, 0.3) is 0 Å². The molecule has 0 saturated carbocycles. The number of nitrogens with zero attached hydrogens (tertiary/aromatic N) is 1. The lowest BCUT2D eigenvalue weighted by atomic mass is 10.0. The van der Waals surface area contributed by atoms with Crippen LogP contribution in [0.1, 0.15) is 30.5 Å². The molecule has 0 aromatic heterocycles. The van der Waals surface area contributed by atoms with Crippen molar-refractivity contribution in [3.8, 4) is 11.5 Å². The third-order valence-electron chi connectivity index (χ3n) is 3.81. The summed E-state index contributed by atoms with van der Waals surface area (Å²) in [6, 6.07) is 16.2. The Morgan fingerprint density at radius 3 is 1.79 bits per heavy atom. The van der Waals surface area contributed by atoms with Crippen molar-refractivity contribution in [1.82, 2.24) is 4.90 Å². The van der Waals surface area contributed by atoms with Crippen LogP contribution in [0.25, 0.3) is 0 Å². The molecule has 19 heavy (non-hydrogen) atoms. The zero-order chi connectivity index (χ0) is 12.8. The van der Waals surface area contributed by atoms with Crippen LogP contribution >= 0.6 is 0 Å². The second kappa shape index (κ2) is 4.00. The van der Waals surface area contributed by atoms with Crippen LogP contribution in [0.4, 0.5) is 0 Å². The van der Waals surface area contributed by atoms with Crippen LogP contribution in [0.2, 0.25) is 0 Å². The standard InChI is InChI=1S/C16H15NO2/c1-2-17-15-11-7-3-5-9-13(11)18-16(17)12-8-4-6-10-14(12)19-15/h3-10,15-16H,2H2,1H3. The molecule has 0 spiro atoms. The van der Waals surface area contributed by atoms with E-state index < -0.39 is 0 Å². The van der Waals surface area contributed by atoms with Gasteiger partial charge in [-0.15, -0.1) is 0 Å². The zero-order valence-corrected chi connectivity index (χ0v) is 10.7. The Bertz CT molecular complexity index is 572. The number of hydrogen-bond acceptors (Lipinski definition) is 3. The molecule has 0 N–H and O–H groups in total. The zero-order valence-electron chi connectivity index (χ0n) is 10.7. The molecule has 2 aromatic carbocycles. The summed E-state index contributed by atoms with van der Waals surface area (Å²) in [6.07, 6.45) is -0.0929. The van der Waals surface area contributed by atoms with Crippen molar-refractivity contribution in [3.05, 3.63) is 59.7 Å². The monoisotopic (exact) mass is 253 g/mol. The van der Waals surface area contributed by atoms with Gasteiger partial charge < -0.3 is 9.47 Å². The van der Waals surface area contributed by atoms with Crippen molar-refractivity contribution in [3.63, 3.8) is 0 Å². The summed E-state index contributed by atoms with van der Waals surface area (Å²) in [5.74, 6) is 1.86. The number of hydrogen-bond donors (Lipinski definition) is 0. The Kier molecular flexibility index (Phi) is 2.29. The summed E-state index contributed by atoms with van der Waals surface area (Å²) >= 11 is 0. The smallest absolute Gasteiger partial charge is 0.185 e. The molecule has 0 radical (unpaired) electrons. The Labute approximate surface area is 112 Å². The third kappa shape index (κ3) is 1.48. The van der Waals surface area contributed by atoms with E-state index in [1.807, 2.05) is 36.4 Å². The molecule has 2 unspecified atom stereocenters. The molecule has 0 aliphatic carbocycles. The van der Waals surface area contributed by atoms with Crippen molar-refractivity contribution in [2.24, 2.45) is 0 Å². The lowest BCUT2D eigenvalue weighted by Gasteiger charge is -2.46. The van der Waals surface area contributed by atoms with Gasteiger partial charge in [-0.25, -0.2) is 4.90 Å². The van der Waals surface area contributed by atoms with Crippen LogP contribution in [0.3, 0.4) is 0 Å². The predicted molar refractivity (Wildman–Crippen MR) is 72.0 cm³/mol. The average Bonchev–Trinajstić information content (AvgIpc) is 2.47. The van der Waals surface area contributed by atoms with Gasteiger partial charge in [-0.1, -0.05) is 43.3 Å². The van der Waals surface area contributed by atoms with Crippen molar-refractivity contribution >= 4 is 0 Å². The third-order valence-corrected chi connectivity index (χ3v) is 3.81. The largest absolute Gasteiger partial charge is 0.470 e.